The third-order valence-corrected chi connectivity index (χ3v) is 3.69. The highest BCUT2D eigenvalue weighted by Crippen LogP contribution is 2.08. The van der Waals surface area contributed by atoms with Crippen molar-refractivity contribution in [2.24, 2.45) is 5.14 Å². The Labute approximate surface area is 113 Å². The lowest BCUT2D eigenvalue weighted by atomic mass is 10.1. The standard InChI is InChI=1S/C12H19N3O3S/c1-3-15(2)12(16)14-9-8-10-4-6-11(7-5-10)19(13,17)18/h4-7H,3,8-9H2,1-2H3,(H,14,16)(H2,13,17,18). The number of rotatable bonds is 5. The van der Waals surface area contributed by atoms with Crippen LogP contribution in [-0.2, 0) is 16.4 Å². The Balaban J connectivity index is 2.49. The van der Waals surface area contributed by atoms with Gasteiger partial charge in [-0.1, -0.05) is 12.1 Å². The molecule has 0 aliphatic rings. The summed E-state index contributed by atoms with van der Waals surface area (Å²) in [4.78, 5) is 13.1. The van der Waals surface area contributed by atoms with Gasteiger partial charge in [0.2, 0.25) is 10.0 Å². The quantitative estimate of drug-likeness (QED) is 0.827. The predicted octanol–water partition coefficient (Wildman–Crippen LogP) is 0.538. The molecule has 1 rings (SSSR count). The first-order valence-corrected chi connectivity index (χ1v) is 7.50. The number of hydrogen-bond acceptors (Lipinski definition) is 3. The molecule has 0 spiro atoms. The van der Waals surface area contributed by atoms with Gasteiger partial charge in [0.1, 0.15) is 0 Å². The maximum absolute atomic E-state index is 11.5. The number of nitrogens with two attached hydrogens (primary N) is 1. The van der Waals surface area contributed by atoms with E-state index in [1.165, 1.54) is 12.1 Å². The average Bonchev–Trinajstić information content (AvgIpc) is 2.37. The minimum absolute atomic E-state index is 0.0889. The van der Waals surface area contributed by atoms with Crippen LogP contribution < -0.4 is 10.5 Å². The fraction of sp³-hybridized carbons (Fsp3) is 0.417. The van der Waals surface area contributed by atoms with Crippen LogP contribution in [0.3, 0.4) is 0 Å². The molecule has 1 aromatic carbocycles. The highest BCUT2D eigenvalue weighted by Gasteiger charge is 2.07. The summed E-state index contributed by atoms with van der Waals surface area (Å²) < 4.78 is 22.1. The Bertz CT molecular complexity index is 526. The highest BCUT2D eigenvalue weighted by molar-refractivity contribution is 7.89. The van der Waals surface area contributed by atoms with Crippen molar-refractivity contribution in [3.63, 3.8) is 0 Å². The van der Waals surface area contributed by atoms with Gasteiger partial charge in [0.05, 0.1) is 4.90 Å². The van der Waals surface area contributed by atoms with Gasteiger partial charge < -0.3 is 10.2 Å². The molecule has 0 atom stereocenters. The van der Waals surface area contributed by atoms with Crippen molar-refractivity contribution in [2.75, 3.05) is 20.1 Å². The molecular weight excluding hydrogens is 266 g/mol. The Morgan fingerprint density at radius 2 is 1.89 bits per heavy atom. The van der Waals surface area contributed by atoms with E-state index in [1.54, 1.807) is 24.1 Å². The number of sulfonamides is 1. The van der Waals surface area contributed by atoms with Crippen molar-refractivity contribution in [2.45, 2.75) is 18.2 Å². The van der Waals surface area contributed by atoms with Crippen LogP contribution in [0.4, 0.5) is 4.79 Å². The van der Waals surface area contributed by atoms with Gasteiger partial charge in [-0.15, -0.1) is 0 Å². The van der Waals surface area contributed by atoms with Gasteiger partial charge in [0, 0.05) is 20.1 Å². The van der Waals surface area contributed by atoms with Crippen molar-refractivity contribution in [1.29, 1.82) is 0 Å². The van der Waals surface area contributed by atoms with Gasteiger partial charge in [-0.3, -0.25) is 0 Å². The number of nitrogens with one attached hydrogen (secondary N) is 1. The molecule has 0 bridgehead atoms. The zero-order valence-corrected chi connectivity index (χ0v) is 11.9. The van der Waals surface area contributed by atoms with Crippen molar-refractivity contribution in [3.8, 4) is 0 Å². The van der Waals surface area contributed by atoms with Crippen LogP contribution >= 0.6 is 0 Å². The SMILES string of the molecule is CCN(C)C(=O)NCCc1ccc(S(N)(=O)=O)cc1. The first-order chi connectivity index (χ1) is 8.84. The molecule has 2 amide bonds. The molecule has 0 fully saturated rings. The van der Waals surface area contributed by atoms with E-state index in [0.29, 0.717) is 19.5 Å². The van der Waals surface area contributed by atoms with Crippen molar-refractivity contribution in [1.82, 2.24) is 10.2 Å². The van der Waals surface area contributed by atoms with Crippen LogP contribution in [0.5, 0.6) is 0 Å². The lowest BCUT2D eigenvalue weighted by Crippen LogP contribution is -2.37. The van der Waals surface area contributed by atoms with Crippen molar-refractivity contribution in [3.05, 3.63) is 29.8 Å². The molecule has 0 heterocycles. The van der Waals surface area contributed by atoms with Crippen LogP contribution in [0.2, 0.25) is 0 Å². The Morgan fingerprint density at radius 3 is 2.37 bits per heavy atom. The van der Waals surface area contributed by atoms with Gasteiger partial charge in [-0.25, -0.2) is 18.4 Å². The summed E-state index contributed by atoms with van der Waals surface area (Å²) in [6, 6.07) is 6.18. The monoisotopic (exact) mass is 285 g/mol. The van der Waals surface area contributed by atoms with Crippen LogP contribution in [-0.4, -0.2) is 39.5 Å². The van der Waals surface area contributed by atoms with Gasteiger partial charge in [0.15, 0.2) is 0 Å². The normalized spacial score (nSPS) is 11.1. The van der Waals surface area contributed by atoms with E-state index >= 15 is 0 Å². The van der Waals surface area contributed by atoms with E-state index < -0.39 is 10.0 Å². The molecule has 0 aromatic heterocycles. The van der Waals surface area contributed by atoms with Crippen molar-refractivity contribution < 1.29 is 13.2 Å². The lowest BCUT2D eigenvalue weighted by molar-refractivity contribution is 0.211. The summed E-state index contributed by atoms with van der Waals surface area (Å²) >= 11 is 0. The molecular formula is C12H19N3O3S. The first-order valence-electron chi connectivity index (χ1n) is 5.95. The number of benzene rings is 1. The fourth-order valence-electron chi connectivity index (χ4n) is 1.44. The van der Waals surface area contributed by atoms with Gasteiger partial charge in [-0.05, 0) is 31.0 Å². The van der Waals surface area contributed by atoms with E-state index in [-0.39, 0.29) is 10.9 Å². The van der Waals surface area contributed by atoms with Crippen LogP contribution in [0.15, 0.2) is 29.2 Å². The zero-order valence-electron chi connectivity index (χ0n) is 11.1. The second-order valence-corrected chi connectivity index (χ2v) is 5.75. The molecule has 0 saturated heterocycles. The number of urea groups is 1. The average molecular weight is 285 g/mol. The summed E-state index contributed by atoms with van der Waals surface area (Å²) in [7, 11) is -1.93. The second-order valence-electron chi connectivity index (χ2n) is 4.19. The minimum Gasteiger partial charge on any atom is -0.338 e. The topological polar surface area (TPSA) is 92.5 Å². The van der Waals surface area contributed by atoms with E-state index in [2.05, 4.69) is 5.32 Å². The number of nitrogens with zero attached hydrogens (tertiary/aromatic N) is 1. The Hall–Kier alpha value is -1.60. The maximum Gasteiger partial charge on any atom is 0.317 e. The molecule has 0 unspecified atom stereocenters. The molecule has 0 saturated carbocycles. The molecule has 6 nitrogen and oxygen atoms in total. The molecule has 19 heavy (non-hydrogen) atoms. The van der Waals surface area contributed by atoms with Crippen molar-refractivity contribution >= 4 is 16.1 Å². The summed E-state index contributed by atoms with van der Waals surface area (Å²) in [5.41, 5.74) is 0.937. The number of amides is 2. The Kier molecular flexibility index (Phi) is 5.31. The largest absolute Gasteiger partial charge is 0.338 e. The van der Waals surface area contributed by atoms with E-state index in [1.807, 2.05) is 6.92 Å². The molecule has 7 heteroatoms. The maximum atomic E-state index is 11.5. The van der Waals surface area contributed by atoms with Gasteiger partial charge in [0.25, 0.3) is 0 Å². The summed E-state index contributed by atoms with van der Waals surface area (Å²) in [6.45, 7) is 3.04. The number of primary sulfonamides is 1. The zero-order chi connectivity index (χ0) is 14.5. The van der Waals surface area contributed by atoms with E-state index in [0.717, 1.165) is 5.56 Å². The smallest absolute Gasteiger partial charge is 0.317 e. The Morgan fingerprint density at radius 1 is 1.32 bits per heavy atom. The highest BCUT2D eigenvalue weighted by atomic mass is 32.2. The number of carbonyl (C=O) groups is 1. The van der Waals surface area contributed by atoms with Crippen LogP contribution in [0.25, 0.3) is 0 Å². The molecule has 3 N–H and O–H groups in total. The first kappa shape index (κ1) is 15.5. The third-order valence-electron chi connectivity index (χ3n) is 2.76. The van der Waals surface area contributed by atoms with Crippen LogP contribution in [0.1, 0.15) is 12.5 Å². The predicted molar refractivity (Wildman–Crippen MR) is 73.2 cm³/mol. The third kappa shape index (κ3) is 4.88. The molecule has 0 radical (unpaired) electrons. The second kappa shape index (κ2) is 6.53. The fourth-order valence-corrected chi connectivity index (χ4v) is 1.95. The van der Waals surface area contributed by atoms with E-state index in [9.17, 15) is 13.2 Å². The number of hydrogen-bond donors (Lipinski definition) is 2. The van der Waals surface area contributed by atoms with Crippen LogP contribution in [0, 0.1) is 0 Å². The van der Waals surface area contributed by atoms with E-state index in [4.69, 9.17) is 5.14 Å². The van der Waals surface area contributed by atoms with Gasteiger partial charge in [-0.2, -0.15) is 0 Å². The minimum atomic E-state index is -3.64. The molecule has 0 aliphatic carbocycles. The molecule has 106 valence electrons. The molecule has 1 aromatic rings. The van der Waals surface area contributed by atoms with Gasteiger partial charge >= 0.3 is 6.03 Å². The summed E-state index contributed by atoms with van der Waals surface area (Å²) in [5.74, 6) is 0. The summed E-state index contributed by atoms with van der Waals surface area (Å²) in [5, 5.41) is 7.78. The number of carbonyl (C=O) groups excluding carboxylic acids is 1. The summed E-state index contributed by atoms with van der Waals surface area (Å²) in [6.07, 6.45) is 0.633. The molecule has 0 aliphatic heterocycles. The lowest BCUT2D eigenvalue weighted by Gasteiger charge is -2.15.